The van der Waals surface area contributed by atoms with Gasteiger partial charge in [0.2, 0.25) is 0 Å². The predicted octanol–water partition coefficient (Wildman–Crippen LogP) is 5.70. The molecule has 2 aromatic carbocycles. The van der Waals surface area contributed by atoms with Crippen molar-refractivity contribution in [3.8, 4) is 39.3 Å². The molecule has 1 aromatic heterocycles. The monoisotopic (exact) mass is 457 g/mol. The van der Waals surface area contributed by atoms with Crippen molar-refractivity contribution in [2.24, 2.45) is 0 Å². The van der Waals surface area contributed by atoms with Gasteiger partial charge in [-0.15, -0.1) is 0 Å². The Bertz CT molecular complexity index is 1290. The van der Waals surface area contributed by atoms with Crippen molar-refractivity contribution >= 4 is 29.1 Å². The third-order valence-corrected chi connectivity index (χ3v) is 5.21. The first-order valence-corrected chi connectivity index (χ1v) is 10.6. The molecule has 0 aliphatic heterocycles. The maximum absolute atomic E-state index is 10.3. The van der Waals surface area contributed by atoms with E-state index in [1.54, 1.807) is 36.4 Å². The van der Waals surface area contributed by atoms with Gasteiger partial charge in [-0.3, -0.25) is 0 Å². The van der Waals surface area contributed by atoms with Gasteiger partial charge in [-0.1, -0.05) is 31.4 Å². The number of aliphatic hydroxyl groups is 1. The fourth-order valence-corrected chi connectivity index (χ4v) is 3.78. The van der Waals surface area contributed by atoms with Crippen LogP contribution in [-0.2, 0) is 0 Å². The zero-order valence-electron chi connectivity index (χ0n) is 16.6. The van der Waals surface area contributed by atoms with Gasteiger partial charge in [0.15, 0.2) is 17.5 Å². The highest BCUT2D eigenvalue weighted by Gasteiger charge is 2.17. The number of para-hydroxylation sites is 1. The molecule has 0 saturated carbocycles. The molecule has 0 aliphatic rings. The summed E-state index contributed by atoms with van der Waals surface area (Å²) in [5.74, 6) is 0.229. The van der Waals surface area contributed by atoms with Crippen LogP contribution in [0.5, 0.6) is 5.75 Å². The van der Waals surface area contributed by atoms with Crippen molar-refractivity contribution in [3.63, 3.8) is 0 Å². The molecular formula is C23H15N5O2S2. The van der Waals surface area contributed by atoms with Gasteiger partial charge < -0.3 is 10.2 Å². The molecule has 3 rings (SSSR count). The number of phenols is 1. The van der Waals surface area contributed by atoms with Crippen LogP contribution in [0.1, 0.15) is 5.82 Å². The van der Waals surface area contributed by atoms with Crippen molar-refractivity contribution in [2.45, 2.75) is 9.79 Å². The van der Waals surface area contributed by atoms with E-state index in [1.165, 1.54) is 18.2 Å². The van der Waals surface area contributed by atoms with Gasteiger partial charge in [0.05, 0.1) is 11.1 Å². The summed E-state index contributed by atoms with van der Waals surface area (Å²) in [6.45, 7) is 7.20. The van der Waals surface area contributed by atoms with E-state index in [0.717, 1.165) is 23.5 Å². The number of hydrogen-bond donors (Lipinski definition) is 2. The Morgan fingerprint density at radius 1 is 0.969 bits per heavy atom. The summed E-state index contributed by atoms with van der Waals surface area (Å²) in [5, 5.41) is 42.6. The molecule has 3 aromatic rings. The van der Waals surface area contributed by atoms with Gasteiger partial charge in [0.1, 0.15) is 22.3 Å². The molecule has 0 aliphatic carbocycles. The number of benzene rings is 2. The molecule has 0 bridgehead atoms. The third kappa shape index (κ3) is 5.16. The Balaban J connectivity index is 2.31. The van der Waals surface area contributed by atoms with Gasteiger partial charge in [-0.05, 0) is 59.9 Å². The minimum absolute atomic E-state index is 0.0258. The van der Waals surface area contributed by atoms with Gasteiger partial charge >= 0.3 is 0 Å². The molecule has 0 unspecified atom stereocenters. The van der Waals surface area contributed by atoms with Crippen molar-refractivity contribution in [2.75, 3.05) is 0 Å². The number of nitrogens with zero attached hydrogens (tertiary/aromatic N) is 5. The summed E-state index contributed by atoms with van der Waals surface area (Å²) < 4.78 is 0. The van der Waals surface area contributed by atoms with Crippen LogP contribution in [0.15, 0.2) is 83.3 Å². The van der Waals surface area contributed by atoms with Gasteiger partial charge in [0, 0.05) is 15.4 Å². The van der Waals surface area contributed by atoms with Crippen LogP contribution in [0.25, 0.3) is 28.3 Å². The first-order chi connectivity index (χ1) is 15.5. The summed E-state index contributed by atoms with van der Waals surface area (Å²) in [6, 6.07) is 11.7. The number of aromatic nitrogens is 3. The van der Waals surface area contributed by atoms with Crippen LogP contribution in [0.2, 0.25) is 0 Å². The third-order valence-electron chi connectivity index (χ3n) is 4.08. The van der Waals surface area contributed by atoms with Crippen molar-refractivity contribution < 1.29 is 10.2 Å². The zero-order valence-corrected chi connectivity index (χ0v) is 18.2. The smallest absolute Gasteiger partial charge is 0.167 e. The highest BCUT2D eigenvalue weighted by atomic mass is 32.2. The van der Waals surface area contributed by atoms with E-state index in [1.807, 2.05) is 10.8 Å². The molecule has 0 fully saturated rings. The number of thiocyanates is 2. The molecule has 2 N–H and O–H groups in total. The number of aliphatic hydroxyl groups excluding tert-OH is 1. The Morgan fingerprint density at radius 2 is 1.59 bits per heavy atom. The van der Waals surface area contributed by atoms with Crippen LogP contribution >= 0.6 is 23.5 Å². The lowest BCUT2D eigenvalue weighted by Crippen LogP contribution is -2.04. The summed E-state index contributed by atoms with van der Waals surface area (Å²) in [4.78, 5) is 14.6. The summed E-state index contributed by atoms with van der Waals surface area (Å²) in [7, 11) is 0. The van der Waals surface area contributed by atoms with Crippen LogP contribution in [0.3, 0.4) is 0 Å². The fraction of sp³-hybridized carbons (Fsp3) is 0. The molecule has 7 nitrogen and oxygen atoms in total. The van der Waals surface area contributed by atoms with E-state index in [9.17, 15) is 10.2 Å². The van der Waals surface area contributed by atoms with Crippen molar-refractivity contribution in [1.82, 2.24) is 15.0 Å². The van der Waals surface area contributed by atoms with Crippen LogP contribution < -0.4 is 0 Å². The molecule has 9 heteroatoms. The molecule has 0 amide bonds. The maximum Gasteiger partial charge on any atom is 0.167 e. The molecule has 32 heavy (non-hydrogen) atoms. The predicted molar refractivity (Wildman–Crippen MR) is 125 cm³/mol. The van der Waals surface area contributed by atoms with Crippen LogP contribution in [-0.4, -0.2) is 25.2 Å². The molecule has 0 radical (unpaired) electrons. The normalized spacial score (nSPS) is 10.8. The van der Waals surface area contributed by atoms with Crippen molar-refractivity contribution in [1.29, 1.82) is 10.5 Å². The van der Waals surface area contributed by atoms with Crippen LogP contribution in [0.4, 0.5) is 0 Å². The topological polar surface area (TPSA) is 127 Å². The molecule has 0 atom stereocenters. The average molecular weight is 458 g/mol. The second kappa shape index (κ2) is 10.3. The lowest BCUT2D eigenvalue weighted by Gasteiger charge is -2.11. The molecule has 0 spiro atoms. The van der Waals surface area contributed by atoms with Crippen LogP contribution in [0, 0.1) is 21.3 Å². The van der Waals surface area contributed by atoms with Gasteiger partial charge in [-0.25, -0.2) is 15.0 Å². The lowest BCUT2D eigenvalue weighted by molar-refractivity contribution is 0.440. The fourth-order valence-electron chi connectivity index (χ4n) is 2.75. The second-order valence-corrected chi connectivity index (χ2v) is 7.88. The highest BCUT2D eigenvalue weighted by molar-refractivity contribution is 8.04. The second-order valence-electron chi connectivity index (χ2n) is 6.17. The minimum Gasteiger partial charge on any atom is -0.508 e. The minimum atomic E-state index is -0.264. The number of rotatable bonds is 7. The number of phenolic OH excluding ortho intramolecular Hbond substituents is 1. The van der Waals surface area contributed by atoms with E-state index in [-0.39, 0.29) is 34.6 Å². The number of allylic oxidation sites excluding steroid dienone is 3. The molecule has 156 valence electrons. The quantitative estimate of drug-likeness (QED) is 0.199. The Morgan fingerprint density at radius 3 is 2.16 bits per heavy atom. The SMILES string of the molecule is C=C/C=C(\C(=C)O)c1nc(-c2cc(SC#N)cc(SC#N)c2)nc(-c2ccccc2O)n1. The van der Waals surface area contributed by atoms with Gasteiger partial charge in [-0.2, -0.15) is 10.5 Å². The first kappa shape index (κ1) is 22.6. The number of thioether (sulfide) groups is 2. The average Bonchev–Trinajstić information content (AvgIpc) is 2.77. The maximum atomic E-state index is 10.3. The van der Waals surface area contributed by atoms with E-state index in [4.69, 9.17) is 10.5 Å². The first-order valence-electron chi connectivity index (χ1n) is 9.00. The number of aromatic hydroxyl groups is 1. The van der Waals surface area contributed by atoms with E-state index < -0.39 is 0 Å². The van der Waals surface area contributed by atoms with E-state index in [2.05, 4.69) is 28.1 Å². The molecule has 0 saturated heterocycles. The largest absolute Gasteiger partial charge is 0.508 e. The number of hydrogen-bond acceptors (Lipinski definition) is 9. The molecular weight excluding hydrogens is 442 g/mol. The Labute approximate surface area is 193 Å². The summed E-state index contributed by atoms with van der Waals surface area (Å²) in [5.41, 5.74) is 1.13. The zero-order chi connectivity index (χ0) is 23.1. The highest BCUT2D eigenvalue weighted by Crippen LogP contribution is 2.33. The van der Waals surface area contributed by atoms with Gasteiger partial charge in [0.25, 0.3) is 0 Å². The summed E-state index contributed by atoms with van der Waals surface area (Å²) in [6.07, 6.45) is 2.97. The number of nitriles is 2. The van der Waals surface area contributed by atoms with E-state index >= 15 is 0 Å². The van der Waals surface area contributed by atoms with E-state index in [0.29, 0.717) is 20.9 Å². The standard InChI is InChI=1S/C23H15N5O2S2/c1-3-6-18(14(2)29)22-26-21(27-23(28-22)19-7-4-5-8-20(19)30)15-9-16(31-12-24)11-17(10-15)32-13-25/h3-11,29-30H,1-2H2/b18-6+. The lowest BCUT2D eigenvalue weighted by atomic mass is 10.1. The summed E-state index contributed by atoms with van der Waals surface area (Å²) >= 11 is 1.89. The van der Waals surface area contributed by atoms with Crippen molar-refractivity contribution in [3.05, 3.63) is 79.4 Å². The molecule has 1 heterocycles. The Kier molecular flexibility index (Phi) is 7.29. The Hall–Kier alpha value is -4.05.